The molecule has 0 saturated heterocycles. The van der Waals surface area contributed by atoms with E-state index in [1.54, 1.807) is 7.11 Å². The summed E-state index contributed by atoms with van der Waals surface area (Å²) in [5, 5.41) is 12.4. The number of thiazole rings is 1. The molecule has 0 unspecified atom stereocenters. The van der Waals surface area contributed by atoms with E-state index in [-0.39, 0.29) is 0 Å². The summed E-state index contributed by atoms with van der Waals surface area (Å²) in [6.45, 7) is 4.41. The van der Waals surface area contributed by atoms with Gasteiger partial charge in [-0.05, 0) is 36.4 Å². The minimum Gasteiger partial charge on any atom is -0.497 e. The molecule has 124 valence electrons. The Hall–Kier alpha value is -3.10. The van der Waals surface area contributed by atoms with Crippen molar-refractivity contribution < 1.29 is 4.74 Å². The number of nitriles is 1. The molecule has 25 heavy (non-hydrogen) atoms. The van der Waals surface area contributed by atoms with Crippen LogP contribution in [0.25, 0.3) is 16.8 Å². The van der Waals surface area contributed by atoms with Crippen molar-refractivity contribution in [2.45, 2.75) is 0 Å². The van der Waals surface area contributed by atoms with Gasteiger partial charge < -0.3 is 9.64 Å². The molecule has 0 radical (unpaired) electrons. The molecule has 0 aliphatic carbocycles. The van der Waals surface area contributed by atoms with Crippen molar-refractivity contribution in [2.75, 3.05) is 13.7 Å². The highest BCUT2D eigenvalue weighted by Crippen LogP contribution is 2.30. The SMILES string of the molecule is C=CCN1C=CC=C/C1=C(/C#N)c1nc(-c2ccc(OC)cc2)cs1. The topological polar surface area (TPSA) is 49.2 Å². The lowest BCUT2D eigenvalue weighted by molar-refractivity contribution is 0.415. The fourth-order valence-corrected chi connectivity index (χ4v) is 3.33. The molecule has 3 rings (SSSR count). The molecule has 0 saturated carbocycles. The van der Waals surface area contributed by atoms with Crippen molar-refractivity contribution in [1.82, 2.24) is 9.88 Å². The summed E-state index contributed by atoms with van der Waals surface area (Å²) in [5.74, 6) is 0.804. The predicted molar refractivity (Wildman–Crippen MR) is 102 cm³/mol. The fraction of sp³-hybridized carbons (Fsp3) is 0.100. The van der Waals surface area contributed by atoms with Crippen LogP contribution in [0.5, 0.6) is 5.75 Å². The maximum atomic E-state index is 9.70. The van der Waals surface area contributed by atoms with Gasteiger partial charge in [-0.3, -0.25) is 0 Å². The van der Waals surface area contributed by atoms with Crippen LogP contribution in [0.2, 0.25) is 0 Å². The lowest BCUT2D eigenvalue weighted by Gasteiger charge is -2.22. The largest absolute Gasteiger partial charge is 0.497 e. The number of rotatable bonds is 5. The minimum absolute atomic E-state index is 0.562. The third-order valence-electron chi connectivity index (χ3n) is 3.74. The summed E-state index contributed by atoms with van der Waals surface area (Å²) >= 11 is 1.47. The van der Waals surface area contributed by atoms with E-state index in [0.717, 1.165) is 22.7 Å². The highest BCUT2D eigenvalue weighted by Gasteiger charge is 2.17. The zero-order valence-electron chi connectivity index (χ0n) is 13.8. The zero-order chi connectivity index (χ0) is 17.6. The summed E-state index contributed by atoms with van der Waals surface area (Å²) < 4.78 is 5.18. The number of benzene rings is 1. The molecule has 0 atom stereocenters. The smallest absolute Gasteiger partial charge is 0.136 e. The molecule has 1 aromatic heterocycles. The summed E-state index contributed by atoms with van der Waals surface area (Å²) in [6, 6.07) is 10.0. The molecule has 1 aliphatic rings. The van der Waals surface area contributed by atoms with Crippen molar-refractivity contribution in [1.29, 1.82) is 5.26 Å². The molecule has 0 amide bonds. The van der Waals surface area contributed by atoms with Crippen LogP contribution >= 0.6 is 11.3 Å². The van der Waals surface area contributed by atoms with Crippen LogP contribution in [0.1, 0.15) is 5.01 Å². The van der Waals surface area contributed by atoms with Gasteiger partial charge in [-0.25, -0.2) is 4.98 Å². The lowest BCUT2D eigenvalue weighted by Crippen LogP contribution is -2.18. The Bertz CT molecular complexity index is 898. The molecule has 0 N–H and O–H groups in total. The number of hydrogen-bond acceptors (Lipinski definition) is 5. The Kier molecular flexibility index (Phi) is 5.12. The van der Waals surface area contributed by atoms with Crippen LogP contribution in [0.3, 0.4) is 0 Å². The molecular weight excluding hydrogens is 330 g/mol. The van der Waals surface area contributed by atoms with Gasteiger partial charge in [-0.1, -0.05) is 12.2 Å². The second kappa shape index (κ2) is 7.65. The van der Waals surface area contributed by atoms with E-state index in [2.05, 4.69) is 17.6 Å². The van der Waals surface area contributed by atoms with Gasteiger partial charge in [0.25, 0.3) is 0 Å². The van der Waals surface area contributed by atoms with Crippen molar-refractivity contribution in [3.63, 3.8) is 0 Å². The maximum Gasteiger partial charge on any atom is 0.136 e. The molecule has 1 aliphatic heterocycles. The number of methoxy groups -OCH3 is 1. The van der Waals surface area contributed by atoms with E-state index in [1.807, 2.05) is 65.0 Å². The second-order valence-corrected chi connectivity index (χ2v) is 6.14. The van der Waals surface area contributed by atoms with Crippen LogP contribution in [-0.2, 0) is 0 Å². The minimum atomic E-state index is 0.562. The highest BCUT2D eigenvalue weighted by atomic mass is 32.1. The summed E-state index contributed by atoms with van der Waals surface area (Å²) in [6.07, 6.45) is 9.53. The van der Waals surface area contributed by atoms with Crippen LogP contribution in [-0.4, -0.2) is 23.5 Å². The first-order valence-electron chi connectivity index (χ1n) is 7.74. The monoisotopic (exact) mass is 347 g/mol. The van der Waals surface area contributed by atoms with Crippen LogP contribution in [0.15, 0.2) is 72.4 Å². The van der Waals surface area contributed by atoms with Gasteiger partial charge in [0.2, 0.25) is 0 Å². The van der Waals surface area contributed by atoms with Gasteiger partial charge in [0.05, 0.1) is 18.5 Å². The van der Waals surface area contributed by atoms with Gasteiger partial charge in [-0.15, -0.1) is 17.9 Å². The Balaban J connectivity index is 1.97. The summed E-state index contributed by atoms with van der Waals surface area (Å²) in [4.78, 5) is 6.65. The fourth-order valence-electron chi connectivity index (χ4n) is 2.50. The number of nitrogens with zero attached hydrogens (tertiary/aromatic N) is 3. The van der Waals surface area contributed by atoms with Crippen molar-refractivity contribution in [2.24, 2.45) is 0 Å². The third kappa shape index (κ3) is 3.54. The molecule has 0 fully saturated rings. The van der Waals surface area contributed by atoms with Gasteiger partial charge in [0.15, 0.2) is 0 Å². The number of ether oxygens (including phenoxy) is 1. The quantitative estimate of drug-likeness (QED) is 0.585. The molecule has 5 heteroatoms. The van der Waals surface area contributed by atoms with Crippen LogP contribution in [0, 0.1) is 11.3 Å². The van der Waals surface area contributed by atoms with Gasteiger partial charge in [0, 0.05) is 23.7 Å². The Morgan fingerprint density at radius 1 is 1.36 bits per heavy atom. The first-order valence-corrected chi connectivity index (χ1v) is 8.62. The standard InChI is InChI=1S/C20H17N3OS/c1-3-11-23-12-5-4-6-19(23)17(13-21)20-22-18(14-25-20)15-7-9-16(24-2)10-8-15/h3-10,12,14H,1,11H2,2H3/b19-17+. The third-order valence-corrected chi connectivity index (χ3v) is 4.60. The van der Waals surface area contributed by atoms with E-state index in [9.17, 15) is 5.26 Å². The van der Waals surface area contributed by atoms with E-state index in [4.69, 9.17) is 4.74 Å². The molecule has 2 aromatic rings. The molecule has 1 aromatic carbocycles. The number of hydrogen-bond donors (Lipinski definition) is 0. The molecule has 0 spiro atoms. The molecule has 0 bridgehead atoms. The average molecular weight is 347 g/mol. The number of aromatic nitrogens is 1. The first-order chi connectivity index (χ1) is 12.3. The second-order valence-electron chi connectivity index (χ2n) is 5.28. The summed E-state index contributed by atoms with van der Waals surface area (Å²) in [7, 11) is 1.64. The van der Waals surface area contributed by atoms with Crippen LogP contribution in [0.4, 0.5) is 0 Å². The average Bonchev–Trinajstić information content (AvgIpc) is 3.14. The van der Waals surface area contributed by atoms with Crippen molar-refractivity contribution in [3.05, 3.63) is 77.4 Å². The van der Waals surface area contributed by atoms with Crippen molar-refractivity contribution >= 4 is 16.9 Å². The highest BCUT2D eigenvalue weighted by molar-refractivity contribution is 7.11. The normalized spacial score (nSPS) is 15.0. The molecular formula is C20H17N3OS. The maximum absolute atomic E-state index is 9.70. The van der Waals surface area contributed by atoms with Crippen LogP contribution < -0.4 is 4.74 Å². The van der Waals surface area contributed by atoms with Crippen molar-refractivity contribution in [3.8, 4) is 23.1 Å². The lowest BCUT2D eigenvalue weighted by atomic mass is 10.1. The van der Waals surface area contributed by atoms with Gasteiger partial charge in [0.1, 0.15) is 22.4 Å². The zero-order valence-corrected chi connectivity index (χ0v) is 14.7. The molecule has 4 nitrogen and oxygen atoms in total. The molecule has 2 heterocycles. The number of allylic oxidation sites excluding steroid dienone is 4. The van der Waals surface area contributed by atoms with E-state index < -0.39 is 0 Å². The Morgan fingerprint density at radius 2 is 2.16 bits per heavy atom. The first kappa shape index (κ1) is 16.7. The van der Waals surface area contributed by atoms with E-state index in [0.29, 0.717) is 17.1 Å². The Morgan fingerprint density at radius 3 is 2.84 bits per heavy atom. The van der Waals surface area contributed by atoms with E-state index >= 15 is 0 Å². The predicted octanol–water partition coefficient (Wildman–Crippen LogP) is 4.62. The van der Waals surface area contributed by atoms with Gasteiger partial charge >= 0.3 is 0 Å². The van der Waals surface area contributed by atoms with Gasteiger partial charge in [-0.2, -0.15) is 5.26 Å². The van der Waals surface area contributed by atoms with E-state index in [1.165, 1.54) is 11.3 Å². The summed E-state index contributed by atoms with van der Waals surface area (Å²) in [5.41, 5.74) is 3.24. The Labute approximate surface area is 151 Å².